The van der Waals surface area contributed by atoms with Crippen LogP contribution >= 0.6 is 0 Å². The molecule has 3 N–H and O–H groups in total. The lowest BCUT2D eigenvalue weighted by molar-refractivity contribution is -0.133. The van der Waals surface area contributed by atoms with Gasteiger partial charge in [-0.2, -0.15) is 0 Å². The summed E-state index contributed by atoms with van der Waals surface area (Å²) in [6.45, 7) is 0.588. The van der Waals surface area contributed by atoms with Gasteiger partial charge in [-0.05, 0) is 18.4 Å². The molecule has 1 aliphatic rings. The van der Waals surface area contributed by atoms with E-state index in [0.717, 1.165) is 6.42 Å². The Morgan fingerprint density at radius 1 is 1.33 bits per heavy atom. The Morgan fingerprint density at radius 2 is 2.06 bits per heavy atom. The molecule has 1 heterocycles. The van der Waals surface area contributed by atoms with Crippen molar-refractivity contribution in [2.75, 3.05) is 6.61 Å². The highest BCUT2D eigenvalue weighted by molar-refractivity contribution is 5.89. The number of carbonyl (C=O) groups excluding carboxylic acids is 2. The highest BCUT2D eigenvalue weighted by Gasteiger charge is 2.28. The maximum absolute atomic E-state index is 11.9. The second-order valence-corrected chi connectivity index (χ2v) is 4.26. The summed E-state index contributed by atoms with van der Waals surface area (Å²) in [7, 11) is 0. The lowest BCUT2D eigenvalue weighted by Crippen LogP contribution is -2.42. The summed E-state index contributed by atoms with van der Waals surface area (Å²) in [6, 6.07) is 8.13. The SMILES string of the molecule is NC(=O)C(NC(=O)C1CCCO1)c1ccccc1. The number of hydrogen-bond donors (Lipinski definition) is 2. The summed E-state index contributed by atoms with van der Waals surface area (Å²) in [5.74, 6) is -0.854. The Kier molecular flexibility index (Phi) is 3.94. The second-order valence-electron chi connectivity index (χ2n) is 4.26. The van der Waals surface area contributed by atoms with Crippen LogP contribution in [-0.4, -0.2) is 24.5 Å². The van der Waals surface area contributed by atoms with Crippen molar-refractivity contribution in [1.82, 2.24) is 5.32 Å². The van der Waals surface area contributed by atoms with Crippen LogP contribution in [0.15, 0.2) is 30.3 Å². The van der Waals surface area contributed by atoms with Gasteiger partial charge in [0, 0.05) is 6.61 Å². The molecule has 2 rings (SSSR count). The molecular weight excluding hydrogens is 232 g/mol. The van der Waals surface area contributed by atoms with E-state index in [1.165, 1.54) is 0 Å². The van der Waals surface area contributed by atoms with E-state index in [2.05, 4.69) is 5.32 Å². The standard InChI is InChI=1S/C13H16N2O3/c14-12(16)11(9-5-2-1-3-6-9)15-13(17)10-7-4-8-18-10/h1-3,5-6,10-11H,4,7-8H2,(H2,14,16)(H,15,17). The zero-order chi connectivity index (χ0) is 13.0. The van der Waals surface area contributed by atoms with Crippen molar-refractivity contribution in [1.29, 1.82) is 0 Å². The Morgan fingerprint density at radius 3 is 2.61 bits per heavy atom. The zero-order valence-electron chi connectivity index (χ0n) is 9.96. The van der Waals surface area contributed by atoms with Crippen molar-refractivity contribution < 1.29 is 14.3 Å². The first-order chi connectivity index (χ1) is 8.68. The van der Waals surface area contributed by atoms with Crippen LogP contribution in [0.4, 0.5) is 0 Å². The van der Waals surface area contributed by atoms with Crippen LogP contribution in [0.25, 0.3) is 0 Å². The van der Waals surface area contributed by atoms with Gasteiger partial charge in [0.25, 0.3) is 0 Å². The molecule has 0 aromatic heterocycles. The normalized spacial score (nSPS) is 20.3. The van der Waals surface area contributed by atoms with Crippen LogP contribution in [0.3, 0.4) is 0 Å². The summed E-state index contributed by atoms with van der Waals surface area (Å²) in [5.41, 5.74) is 6.00. The van der Waals surface area contributed by atoms with E-state index < -0.39 is 18.1 Å². The predicted molar refractivity (Wildman–Crippen MR) is 65.5 cm³/mol. The van der Waals surface area contributed by atoms with Gasteiger partial charge in [-0.3, -0.25) is 9.59 Å². The minimum atomic E-state index is -0.803. The number of primary amides is 1. The molecule has 2 amide bonds. The van der Waals surface area contributed by atoms with Gasteiger partial charge in [0.05, 0.1) is 0 Å². The molecule has 1 aromatic rings. The first-order valence-electron chi connectivity index (χ1n) is 5.94. The second kappa shape index (κ2) is 5.64. The number of nitrogens with one attached hydrogen (secondary N) is 1. The van der Waals surface area contributed by atoms with Crippen molar-refractivity contribution in [3.63, 3.8) is 0 Å². The molecule has 0 radical (unpaired) electrons. The number of hydrogen-bond acceptors (Lipinski definition) is 3. The van der Waals surface area contributed by atoms with Crippen LogP contribution in [0.2, 0.25) is 0 Å². The largest absolute Gasteiger partial charge is 0.368 e. The Balaban J connectivity index is 2.07. The Hall–Kier alpha value is -1.88. The predicted octanol–water partition coefficient (Wildman–Crippen LogP) is 0.508. The van der Waals surface area contributed by atoms with Gasteiger partial charge in [-0.1, -0.05) is 30.3 Å². The highest BCUT2D eigenvalue weighted by atomic mass is 16.5. The van der Waals surface area contributed by atoms with Crippen molar-refractivity contribution >= 4 is 11.8 Å². The average Bonchev–Trinajstić information content (AvgIpc) is 2.90. The number of benzene rings is 1. The molecule has 1 fully saturated rings. The maximum atomic E-state index is 11.9. The summed E-state index contributed by atoms with van der Waals surface area (Å²) in [4.78, 5) is 23.3. The van der Waals surface area contributed by atoms with Crippen molar-refractivity contribution in [2.24, 2.45) is 5.73 Å². The van der Waals surface area contributed by atoms with E-state index in [4.69, 9.17) is 10.5 Å². The van der Waals surface area contributed by atoms with E-state index in [9.17, 15) is 9.59 Å². The molecule has 2 unspecified atom stereocenters. The summed E-state index contributed by atoms with van der Waals surface area (Å²) >= 11 is 0. The molecule has 96 valence electrons. The van der Waals surface area contributed by atoms with E-state index in [1.54, 1.807) is 24.3 Å². The smallest absolute Gasteiger partial charge is 0.250 e. The van der Waals surface area contributed by atoms with Gasteiger partial charge in [0.15, 0.2) is 0 Å². The summed E-state index contributed by atoms with van der Waals surface area (Å²) < 4.78 is 5.27. The minimum Gasteiger partial charge on any atom is -0.368 e. The zero-order valence-corrected chi connectivity index (χ0v) is 9.96. The quantitative estimate of drug-likeness (QED) is 0.814. The molecular formula is C13H16N2O3. The van der Waals surface area contributed by atoms with E-state index in [1.807, 2.05) is 6.07 Å². The molecule has 1 aromatic carbocycles. The molecule has 0 aliphatic carbocycles. The fourth-order valence-electron chi connectivity index (χ4n) is 1.98. The molecule has 1 saturated heterocycles. The fraction of sp³-hybridized carbons (Fsp3) is 0.385. The Bertz CT molecular complexity index is 427. The third kappa shape index (κ3) is 2.87. The third-order valence-corrected chi connectivity index (χ3v) is 2.93. The van der Waals surface area contributed by atoms with E-state index in [0.29, 0.717) is 18.6 Å². The van der Waals surface area contributed by atoms with E-state index >= 15 is 0 Å². The number of nitrogens with two attached hydrogens (primary N) is 1. The van der Waals surface area contributed by atoms with Gasteiger partial charge in [0.2, 0.25) is 11.8 Å². The molecule has 5 heteroatoms. The third-order valence-electron chi connectivity index (χ3n) is 2.93. The first kappa shape index (κ1) is 12.6. The molecule has 0 spiro atoms. The van der Waals surface area contributed by atoms with Crippen LogP contribution in [0.5, 0.6) is 0 Å². The highest BCUT2D eigenvalue weighted by Crippen LogP contribution is 2.16. The topological polar surface area (TPSA) is 81.4 Å². The number of carbonyl (C=O) groups is 2. The van der Waals surface area contributed by atoms with Gasteiger partial charge in [-0.25, -0.2) is 0 Å². The fourth-order valence-corrected chi connectivity index (χ4v) is 1.98. The maximum Gasteiger partial charge on any atom is 0.250 e. The molecule has 18 heavy (non-hydrogen) atoms. The summed E-state index contributed by atoms with van der Waals surface area (Å²) in [5, 5.41) is 2.64. The Labute approximate surface area is 105 Å². The number of rotatable bonds is 4. The number of amides is 2. The van der Waals surface area contributed by atoms with Gasteiger partial charge in [-0.15, -0.1) is 0 Å². The first-order valence-corrected chi connectivity index (χ1v) is 5.94. The number of ether oxygens (including phenoxy) is 1. The van der Waals surface area contributed by atoms with Crippen LogP contribution in [0.1, 0.15) is 24.4 Å². The molecule has 2 atom stereocenters. The molecule has 0 saturated carbocycles. The van der Waals surface area contributed by atoms with Crippen LogP contribution in [0, 0.1) is 0 Å². The van der Waals surface area contributed by atoms with Crippen LogP contribution < -0.4 is 11.1 Å². The average molecular weight is 248 g/mol. The van der Waals surface area contributed by atoms with Crippen LogP contribution in [-0.2, 0) is 14.3 Å². The lowest BCUT2D eigenvalue weighted by atomic mass is 10.1. The molecule has 5 nitrogen and oxygen atoms in total. The molecule has 1 aliphatic heterocycles. The van der Waals surface area contributed by atoms with Gasteiger partial charge >= 0.3 is 0 Å². The van der Waals surface area contributed by atoms with Crippen molar-refractivity contribution in [3.8, 4) is 0 Å². The molecule has 0 bridgehead atoms. The lowest BCUT2D eigenvalue weighted by Gasteiger charge is -2.18. The monoisotopic (exact) mass is 248 g/mol. The van der Waals surface area contributed by atoms with Crippen molar-refractivity contribution in [2.45, 2.75) is 25.0 Å². The summed E-state index contributed by atoms with van der Waals surface area (Å²) in [6.07, 6.45) is 1.09. The van der Waals surface area contributed by atoms with E-state index in [-0.39, 0.29) is 5.91 Å². The van der Waals surface area contributed by atoms with Gasteiger partial charge in [0.1, 0.15) is 12.1 Å². The van der Waals surface area contributed by atoms with Crippen molar-refractivity contribution in [3.05, 3.63) is 35.9 Å². The minimum absolute atomic E-state index is 0.278. The van der Waals surface area contributed by atoms with Gasteiger partial charge < -0.3 is 15.8 Å².